The van der Waals surface area contributed by atoms with Crippen molar-refractivity contribution >= 4 is 17.2 Å². The fraction of sp³-hybridized carbons (Fsp3) is 0.429. The van der Waals surface area contributed by atoms with Crippen molar-refractivity contribution < 1.29 is 9.53 Å². The Labute approximate surface area is 173 Å². The van der Waals surface area contributed by atoms with E-state index in [0.29, 0.717) is 19.6 Å². The summed E-state index contributed by atoms with van der Waals surface area (Å²) in [7, 11) is 0. The third-order valence-corrected chi connectivity index (χ3v) is 7.19. The van der Waals surface area contributed by atoms with E-state index in [9.17, 15) is 4.79 Å². The minimum absolute atomic E-state index is 0.141. The summed E-state index contributed by atoms with van der Waals surface area (Å²) < 4.78 is 8.25. The molecule has 1 saturated heterocycles. The highest BCUT2D eigenvalue weighted by atomic mass is 32.1. The van der Waals surface area contributed by atoms with Gasteiger partial charge in [-0.25, -0.2) is 4.98 Å². The van der Waals surface area contributed by atoms with Crippen LogP contribution in [0.2, 0.25) is 0 Å². The number of rotatable bonds is 3. The molecule has 3 aromatic heterocycles. The molecule has 150 valence electrons. The van der Waals surface area contributed by atoms with Crippen LogP contribution in [0.25, 0.3) is 10.6 Å². The van der Waals surface area contributed by atoms with Gasteiger partial charge in [-0.05, 0) is 31.4 Å². The van der Waals surface area contributed by atoms with Crippen molar-refractivity contribution in [3.05, 3.63) is 53.3 Å². The lowest BCUT2D eigenvalue weighted by molar-refractivity contribution is -0.141. The second kappa shape index (κ2) is 7.35. The zero-order chi connectivity index (χ0) is 19.8. The van der Waals surface area contributed by atoms with Gasteiger partial charge in [0, 0.05) is 49.2 Å². The molecule has 29 heavy (non-hydrogen) atoms. The summed E-state index contributed by atoms with van der Waals surface area (Å²) >= 11 is 1.79. The lowest BCUT2D eigenvalue weighted by atomic mass is 9.82. The minimum atomic E-state index is -0.285. The molecule has 0 saturated carbocycles. The zero-order valence-electron chi connectivity index (χ0n) is 16.4. The molecular formula is C21H23N5O2S. The van der Waals surface area contributed by atoms with Gasteiger partial charge in [0.25, 0.3) is 0 Å². The maximum atomic E-state index is 12.7. The second-order valence-corrected chi connectivity index (χ2v) is 8.75. The van der Waals surface area contributed by atoms with Crippen LogP contribution in [-0.2, 0) is 28.1 Å². The SMILES string of the molecule is Cc1nccn1CC(=O)N1CCC2(CC1)OCCc1sc(-c3cnccn3)cc12. The first kappa shape index (κ1) is 18.4. The van der Waals surface area contributed by atoms with Crippen LogP contribution in [0.4, 0.5) is 0 Å². The van der Waals surface area contributed by atoms with Gasteiger partial charge in [-0.2, -0.15) is 0 Å². The van der Waals surface area contributed by atoms with Gasteiger partial charge in [0.15, 0.2) is 0 Å². The number of likely N-dealkylation sites (tertiary alicyclic amines) is 1. The van der Waals surface area contributed by atoms with Crippen molar-refractivity contribution in [3.8, 4) is 10.6 Å². The van der Waals surface area contributed by atoms with Gasteiger partial charge < -0.3 is 14.2 Å². The van der Waals surface area contributed by atoms with Crippen molar-refractivity contribution in [3.63, 3.8) is 0 Å². The highest BCUT2D eigenvalue weighted by Crippen LogP contribution is 2.46. The number of imidazole rings is 1. The van der Waals surface area contributed by atoms with E-state index in [-0.39, 0.29) is 11.5 Å². The van der Waals surface area contributed by atoms with Crippen molar-refractivity contribution in [1.29, 1.82) is 0 Å². The molecule has 0 aromatic carbocycles. The molecule has 1 amide bonds. The summed E-state index contributed by atoms with van der Waals surface area (Å²) in [4.78, 5) is 30.1. The number of hydrogen-bond acceptors (Lipinski definition) is 6. The van der Waals surface area contributed by atoms with Gasteiger partial charge in [-0.1, -0.05) is 0 Å². The predicted octanol–water partition coefficient (Wildman–Crippen LogP) is 2.80. The minimum Gasteiger partial charge on any atom is -0.370 e. The highest BCUT2D eigenvalue weighted by Gasteiger charge is 2.42. The quantitative estimate of drug-likeness (QED) is 0.665. The average molecular weight is 410 g/mol. The summed E-state index contributed by atoms with van der Waals surface area (Å²) in [5.74, 6) is 1.00. The number of amides is 1. The van der Waals surface area contributed by atoms with E-state index in [1.807, 2.05) is 28.8 Å². The van der Waals surface area contributed by atoms with E-state index in [4.69, 9.17) is 4.74 Å². The molecule has 7 nitrogen and oxygen atoms in total. The molecule has 1 fully saturated rings. The molecule has 0 bridgehead atoms. The summed E-state index contributed by atoms with van der Waals surface area (Å²) in [5.41, 5.74) is 1.91. The van der Waals surface area contributed by atoms with Crippen LogP contribution in [0.5, 0.6) is 0 Å². The van der Waals surface area contributed by atoms with Crippen LogP contribution >= 0.6 is 11.3 Å². The Bertz CT molecular complexity index is 1020. The first-order chi connectivity index (χ1) is 14.1. The van der Waals surface area contributed by atoms with Crippen LogP contribution < -0.4 is 0 Å². The Hall–Kier alpha value is -2.58. The maximum Gasteiger partial charge on any atom is 0.242 e. The summed E-state index contributed by atoms with van der Waals surface area (Å²) in [5, 5.41) is 0. The van der Waals surface area contributed by atoms with Gasteiger partial charge >= 0.3 is 0 Å². The number of aryl methyl sites for hydroxylation is 1. The lowest BCUT2D eigenvalue weighted by Gasteiger charge is -2.44. The van der Waals surface area contributed by atoms with Crippen LogP contribution in [-0.4, -0.2) is 50.0 Å². The highest BCUT2D eigenvalue weighted by molar-refractivity contribution is 7.15. The molecule has 8 heteroatoms. The zero-order valence-corrected chi connectivity index (χ0v) is 17.2. The van der Waals surface area contributed by atoms with E-state index in [2.05, 4.69) is 21.0 Å². The first-order valence-corrected chi connectivity index (χ1v) is 10.8. The van der Waals surface area contributed by atoms with Crippen molar-refractivity contribution in [2.45, 2.75) is 38.3 Å². The third-order valence-electron chi connectivity index (χ3n) is 5.98. The maximum absolute atomic E-state index is 12.7. The number of carbonyl (C=O) groups excluding carboxylic acids is 1. The monoisotopic (exact) mass is 409 g/mol. The molecule has 0 aliphatic carbocycles. The second-order valence-electron chi connectivity index (χ2n) is 7.61. The molecule has 5 rings (SSSR count). The molecule has 0 radical (unpaired) electrons. The van der Waals surface area contributed by atoms with Crippen LogP contribution in [0, 0.1) is 6.92 Å². The molecule has 0 N–H and O–H groups in total. The van der Waals surface area contributed by atoms with Crippen LogP contribution in [0.3, 0.4) is 0 Å². The number of carbonyl (C=O) groups is 1. The number of aromatic nitrogens is 4. The average Bonchev–Trinajstić information content (AvgIpc) is 3.37. The topological polar surface area (TPSA) is 73.1 Å². The van der Waals surface area contributed by atoms with E-state index in [1.165, 1.54) is 10.4 Å². The molecule has 3 aromatic rings. The fourth-order valence-corrected chi connectivity index (χ4v) is 5.51. The Morgan fingerprint density at radius 1 is 1.24 bits per heavy atom. The molecule has 2 aliphatic heterocycles. The number of fused-ring (bicyclic) bond motifs is 2. The molecule has 0 unspecified atom stereocenters. The Kier molecular flexibility index (Phi) is 4.67. The smallest absolute Gasteiger partial charge is 0.242 e. The number of ether oxygens (including phenoxy) is 1. The first-order valence-electron chi connectivity index (χ1n) is 9.94. The Morgan fingerprint density at radius 2 is 2.10 bits per heavy atom. The van der Waals surface area contributed by atoms with Gasteiger partial charge in [0.2, 0.25) is 5.91 Å². The molecule has 0 atom stereocenters. The van der Waals surface area contributed by atoms with E-state index >= 15 is 0 Å². The van der Waals surface area contributed by atoms with E-state index in [0.717, 1.165) is 42.3 Å². The predicted molar refractivity (Wildman–Crippen MR) is 109 cm³/mol. The van der Waals surface area contributed by atoms with E-state index in [1.54, 1.807) is 29.9 Å². The number of thiophene rings is 1. The Balaban J connectivity index is 1.33. The molecule has 1 spiro atoms. The number of nitrogens with zero attached hydrogens (tertiary/aromatic N) is 5. The van der Waals surface area contributed by atoms with Gasteiger partial charge in [-0.15, -0.1) is 11.3 Å². The van der Waals surface area contributed by atoms with Gasteiger partial charge in [-0.3, -0.25) is 14.8 Å². The lowest BCUT2D eigenvalue weighted by Crippen LogP contribution is -2.48. The van der Waals surface area contributed by atoms with Crippen molar-refractivity contribution in [1.82, 2.24) is 24.4 Å². The fourth-order valence-electron chi connectivity index (χ4n) is 4.32. The van der Waals surface area contributed by atoms with Crippen molar-refractivity contribution in [2.24, 2.45) is 0 Å². The number of hydrogen-bond donors (Lipinski definition) is 0. The van der Waals surface area contributed by atoms with Gasteiger partial charge in [0.1, 0.15) is 12.4 Å². The standard InChI is InChI=1S/C21H23N5O2S/c1-15-23-7-10-26(15)14-20(27)25-8-3-21(4-9-25)16-12-19(17-13-22-5-6-24-17)29-18(16)2-11-28-21/h5-7,10,12-13H,2-4,8-9,11,14H2,1H3. The van der Waals surface area contributed by atoms with Crippen molar-refractivity contribution in [2.75, 3.05) is 19.7 Å². The van der Waals surface area contributed by atoms with Crippen LogP contribution in [0.15, 0.2) is 37.1 Å². The summed E-state index contributed by atoms with van der Waals surface area (Å²) in [6, 6.07) is 2.23. The molecular weight excluding hydrogens is 386 g/mol. The normalized spacial score (nSPS) is 18.0. The van der Waals surface area contributed by atoms with E-state index < -0.39 is 0 Å². The Morgan fingerprint density at radius 3 is 2.83 bits per heavy atom. The largest absolute Gasteiger partial charge is 0.370 e. The number of piperidine rings is 1. The third kappa shape index (κ3) is 3.36. The summed E-state index contributed by atoms with van der Waals surface area (Å²) in [6.45, 7) is 4.42. The summed E-state index contributed by atoms with van der Waals surface area (Å²) in [6.07, 6.45) is 11.4. The molecule has 5 heterocycles. The van der Waals surface area contributed by atoms with Crippen LogP contribution in [0.1, 0.15) is 29.1 Å². The molecule has 2 aliphatic rings. The van der Waals surface area contributed by atoms with Gasteiger partial charge in [0.05, 0.1) is 29.0 Å².